The molecule has 1 aliphatic heterocycles. The Morgan fingerprint density at radius 3 is 2.25 bits per heavy atom. The minimum Gasteiger partial charge on any atom is -0.497 e. The van der Waals surface area contributed by atoms with E-state index in [-0.39, 0.29) is 19.4 Å². The molecule has 1 aromatic carbocycles. The lowest BCUT2D eigenvalue weighted by molar-refractivity contribution is -0.143. The van der Waals surface area contributed by atoms with Crippen molar-refractivity contribution in [2.45, 2.75) is 83.6 Å². The number of alkyl carbamates (subject to hydrolysis) is 1. The van der Waals surface area contributed by atoms with E-state index >= 15 is 0 Å². The maximum atomic E-state index is 14.6. The Morgan fingerprint density at radius 1 is 1.07 bits per heavy atom. The number of nitrogens with zero attached hydrogens (tertiary/aromatic N) is 6. The first-order valence-corrected chi connectivity index (χ1v) is 19.9. The maximum Gasteiger partial charge on any atom is 0.408 e. The molecule has 3 aromatic rings. The zero-order chi connectivity index (χ0) is 40.7. The number of amides is 4. The Bertz CT molecular complexity index is 2040. The lowest BCUT2D eigenvalue weighted by Gasteiger charge is -2.36. The van der Waals surface area contributed by atoms with E-state index < -0.39 is 74.6 Å². The fraction of sp³-hybridized carbons (Fsp3) is 0.528. The van der Waals surface area contributed by atoms with E-state index in [9.17, 15) is 27.6 Å². The summed E-state index contributed by atoms with van der Waals surface area (Å²) >= 11 is 1.37. The van der Waals surface area contributed by atoms with Gasteiger partial charge in [-0.25, -0.2) is 14.5 Å². The highest BCUT2D eigenvalue weighted by molar-refractivity contribution is 7.87. The summed E-state index contributed by atoms with van der Waals surface area (Å²) in [5.74, 6) is -2.14. The second-order valence-corrected chi connectivity index (χ2v) is 18.6. The summed E-state index contributed by atoms with van der Waals surface area (Å²) in [7, 11) is -0.0958. The standard InChI is InChI=1S/C36H49N9O8S2/c1-11-22-19-36(22,32(48)42-55(50,51)43(8)9)39-29(46)25-18-23(20-44(25)31(47)28(34(2,3)4)38-33(49)53-35(5,6)7)45-40-26(21-12-14-24(52-10)15-13-21)27(41-45)30-37-16-17-54-30/h11-17,22-23,25,28H,1,18-20H2,2-10H3,(H,38,49)(H,39,46)(H,42,48)/t22-,23-,25+,28-,36+/m1/s1. The summed E-state index contributed by atoms with van der Waals surface area (Å²) in [6.45, 7) is 14.1. The first kappa shape index (κ1) is 41.3. The van der Waals surface area contributed by atoms with Gasteiger partial charge in [-0.15, -0.1) is 23.0 Å². The van der Waals surface area contributed by atoms with Gasteiger partial charge in [-0.05, 0) is 56.9 Å². The molecule has 1 saturated heterocycles. The Balaban J connectivity index is 1.54. The van der Waals surface area contributed by atoms with Gasteiger partial charge >= 0.3 is 16.3 Å². The van der Waals surface area contributed by atoms with E-state index in [0.717, 1.165) is 9.87 Å². The number of ether oxygens (including phenoxy) is 2. The van der Waals surface area contributed by atoms with Crippen LogP contribution in [0.15, 0.2) is 48.5 Å². The lowest BCUT2D eigenvalue weighted by Crippen LogP contribution is -2.60. The van der Waals surface area contributed by atoms with Gasteiger partial charge in [0.25, 0.3) is 5.91 Å². The van der Waals surface area contributed by atoms with Crippen LogP contribution in [-0.4, -0.2) is 112 Å². The van der Waals surface area contributed by atoms with Crippen molar-refractivity contribution in [1.29, 1.82) is 0 Å². The first-order valence-electron chi connectivity index (χ1n) is 17.6. The molecular formula is C36H49N9O8S2. The highest BCUT2D eigenvalue weighted by Gasteiger charge is 2.61. The van der Waals surface area contributed by atoms with Crippen molar-refractivity contribution in [3.63, 3.8) is 0 Å². The molecule has 3 heterocycles. The molecule has 5 rings (SSSR count). The third-order valence-corrected chi connectivity index (χ3v) is 11.5. The van der Waals surface area contributed by atoms with Crippen LogP contribution in [0.2, 0.25) is 0 Å². The zero-order valence-electron chi connectivity index (χ0n) is 32.4. The number of carbonyl (C=O) groups is 4. The number of nitrogens with one attached hydrogen (secondary N) is 3. The molecule has 1 aliphatic carbocycles. The molecule has 0 unspecified atom stereocenters. The van der Waals surface area contributed by atoms with Crippen molar-refractivity contribution >= 4 is 45.4 Å². The van der Waals surface area contributed by atoms with Gasteiger partial charge in [-0.3, -0.25) is 14.4 Å². The number of thiazole rings is 1. The van der Waals surface area contributed by atoms with Gasteiger partial charge in [0, 0.05) is 50.1 Å². The van der Waals surface area contributed by atoms with E-state index in [1.54, 1.807) is 67.0 Å². The van der Waals surface area contributed by atoms with Crippen molar-refractivity contribution in [2.24, 2.45) is 11.3 Å². The SMILES string of the molecule is C=C[C@@H]1C[C@@]1(NC(=O)[C@@H]1C[C@@H](n2nc(-c3ccc(OC)cc3)c(-c3nccs3)n2)CN1C(=O)[C@@H](NC(=O)OC(C)(C)C)C(C)(C)C)C(=O)NS(=O)(=O)N(C)C. The van der Waals surface area contributed by atoms with Gasteiger partial charge in [-0.1, -0.05) is 26.8 Å². The number of likely N-dealkylation sites (tertiary alicyclic amines) is 1. The highest BCUT2D eigenvalue weighted by atomic mass is 32.2. The second kappa shape index (κ2) is 15.3. The number of hydrogen-bond donors (Lipinski definition) is 3. The van der Waals surface area contributed by atoms with E-state index in [4.69, 9.17) is 19.7 Å². The molecule has 0 bridgehead atoms. The summed E-state index contributed by atoms with van der Waals surface area (Å²) in [6.07, 6.45) is 2.42. The van der Waals surface area contributed by atoms with Crippen LogP contribution in [-0.2, 0) is 29.3 Å². The predicted molar refractivity (Wildman–Crippen MR) is 205 cm³/mol. The molecule has 55 heavy (non-hydrogen) atoms. The van der Waals surface area contributed by atoms with Gasteiger partial charge in [0.2, 0.25) is 11.8 Å². The summed E-state index contributed by atoms with van der Waals surface area (Å²) < 4.78 is 38.9. The number of aromatic nitrogens is 4. The Labute approximate surface area is 325 Å². The number of benzene rings is 1. The lowest BCUT2D eigenvalue weighted by atomic mass is 9.85. The molecular weight excluding hydrogens is 751 g/mol. The van der Waals surface area contributed by atoms with Crippen molar-refractivity contribution in [3.05, 3.63) is 48.5 Å². The molecule has 0 spiro atoms. The molecule has 3 N–H and O–H groups in total. The van der Waals surface area contributed by atoms with Crippen LogP contribution >= 0.6 is 11.3 Å². The zero-order valence-corrected chi connectivity index (χ0v) is 34.1. The van der Waals surface area contributed by atoms with E-state index in [2.05, 4.69) is 22.2 Å². The molecule has 5 atom stereocenters. The van der Waals surface area contributed by atoms with Crippen molar-refractivity contribution in [2.75, 3.05) is 27.7 Å². The summed E-state index contributed by atoms with van der Waals surface area (Å²) in [4.78, 5) is 62.9. The summed E-state index contributed by atoms with van der Waals surface area (Å²) in [5.41, 5.74) is -1.57. The fourth-order valence-corrected chi connectivity index (χ4v) is 7.48. The van der Waals surface area contributed by atoms with Crippen LogP contribution in [0.4, 0.5) is 4.79 Å². The third-order valence-electron chi connectivity index (χ3n) is 9.35. The molecule has 17 nitrogen and oxygen atoms in total. The molecule has 2 aromatic heterocycles. The largest absolute Gasteiger partial charge is 0.497 e. The molecule has 1 saturated carbocycles. The minimum atomic E-state index is -4.20. The van der Waals surface area contributed by atoms with Gasteiger partial charge in [-0.2, -0.15) is 22.6 Å². The summed E-state index contributed by atoms with van der Waals surface area (Å²) in [6, 6.07) is 4.29. The molecule has 4 amide bonds. The smallest absolute Gasteiger partial charge is 0.408 e. The number of rotatable bonds is 12. The average Bonchev–Trinajstić information content (AvgIpc) is 3.54. The molecule has 0 radical (unpaired) electrons. The van der Waals surface area contributed by atoms with E-state index in [1.807, 2.05) is 22.2 Å². The van der Waals surface area contributed by atoms with Crippen LogP contribution in [0.3, 0.4) is 0 Å². The molecule has 2 fully saturated rings. The van der Waals surface area contributed by atoms with Crippen molar-refractivity contribution in [3.8, 4) is 27.7 Å². The Kier molecular flexibility index (Phi) is 11.5. The van der Waals surface area contributed by atoms with Crippen LogP contribution in [0, 0.1) is 11.3 Å². The quantitative estimate of drug-likeness (QED) is 0.227. The highest BCUT2D eigenvalue weighted by Crippen LogP contribution is 2.45. The third kappa shape index (κ3) is 8.99. The second-order valence-electron chi connectivity index (χ2n) is 15.9. The fourth-order valence-electron chi connectivity index (χ4n) is 6.26. The number of hydrogen-bond acceptors (Lipinski definition) is 12. The van der Waals surface area contributed by atoms with E-state index in [1.165, 1.54) is 41.2 Å². The van der Waals surface area contributed by atoms with Gasteiger partial charge < -0.3 is 25.0 Å². The number of methoxy groups -OCH3 is 1. The molecule has 298 valence electrons. The Morgan fingerprint density at radius 2 is 1.73 bits per heavy atom. The van der Waals surface area contributed by atoms with E-state index in [0.29, 0.717) is 22.1 Å². The predicted octanol–water partition coefficient (Wildman–Crippen LogP) is 3.14. The molecule has 2 aliphatic rings. The van der Waals surface area contributed by atoms with Crippen LogP contribution in [0.1, 0.15) is 60.4 Å². The van der Waals surface area contributed by atoms with Crippen molar-refractivity contribution < 1.29 is 37.1 Å². The number of carbonyl (C=O) groups excluding carboxylic acids is 4. The summed E-state index contributed by atoms with van der Waals surface area (Å²) in [5, 5.41) is 17.6. The average molecular weight is 800 g/mol. The topological polar surface area (TPSA) is 207 Å². The molecule has 19 heteroatoms. The van der Waals surface area contributed by atoms with Gasteiger partial charge in [0.05, 0.1) is 13.2 Å². The van der Waals surface area contributed by atoms with Crippen molar-refractivity contribution in [1.82, 2.24) is 44.5 Å². The normalized spacial score (nSPS) is 21.8. The minimum absolute atomic E-state index is 0.0152. The van der Waals surface area contributed by atoms with Gasteiger partial charge in [0.1, 0.15) is 45.4 Å². The van der Waals surface area contributed by atoms with Crippen LogP contribution < -0.4 is 20.1 Å². The maximum absolute atomic E-state index is 14.6. The van der Waals surface area contributed by atoms with Crippen LogP contribution in [0.25, 0.3) is 22.0 Å². The Hall–Kier alpha value is -4.88. The first-order chi connectivity index (χ1) is 25.6. The van der Waals surface area contributed by atoms with Gasteiger partial charge in [0.15, 0.2) is 0 Å². The van der Waals surface area contributed by atoms with Crippen LogP contribution in [0.5, 0.6) is 5.75 Å². The monoisotopic (exact) mass is 799 g/mol.